The molecule has 1 atom stereocenters. The maximum atomic E-state index is 13.8. The molecule has 25 heavy (non-hydrogen) atoms. The number of rotatable bonds is 5. The van der Waals surface area contributed by atoms with Crippen molar-refractivity contribution in [2.45, 2.75) is 18.8 Å². The van der Waals surface area contributed by atoms with Gasteiger partial charge in [-0.25, -0.2) is 9.78 Å². The van der Waals surface area contributed by atoms with Gasteiger partial charge in [0.05, 0.1) is 7.11 Å². The molecule has 1 aromatic carbocycles. The molecule has 0 radical (unpaired) electrons. The predicted molar refractivity (Wildman–Crippen MR) is 85.2 cm³/mol. The van der Waals surface area contributed by atoms with Crippen molar-refractivity contribution in [2.75, 3.05) is 12.4 Å². The largest absolute Gasteiger partial charge is 0.466 e. The second kappa shape index (κ2) is 7.09. The van der Waals surface area contributed by atoms with Gasteiger partial charge >= 0.3 is 17.8 Å². The number of aryl methyl sites for hydroxylation is 1. The third kappa shape index (κ3) is 3.90. The summed E-state index contributed by atoms with van der Waals surface area (Å²) in [4.78, 5) is 28.6. The predicted octanol–water partition coefficient (Wildman–Crippen LogP) is 2.73. The maximum Gasteiger partial charge on any atom is 0.442 e. The molecule has 0 saturated carbocycles. The zero-order chi connectivity index (χ0) is 18.7. The first-order valence-corrected chi connectivity index (χ1v) is 7.74. The van der Waals surface area contributed by atoms with Crippen molar-refractivity contribution < 1.29 is 27.5 Å². The number of carbonyl (C=O) groups is 2. The summed E-state index contributed by atoms with van der Waals surface area (Å²) in [7, 11) is 0.798. The number of carbonyl (C=O) groups excluding carboxylic acids is 2. The number of benzene rings is 1. The van der Waals surface area contributed by atoms with Crippen LogP contribution in [0.15, 0.2) is 36.5 Å². The SMILES string of the molecule is COC(=O)[C@](NC(=O)c1ccccc1)(Nc1ncc(C)s1)C(F)(F)F. The Morgan fingerprint density at radius 2 is 1.84 bits per heavy atom. The number of aromatic nitrogens is 1. The highest BCUT2D eigenvalue weighted by atomic mass is 32.1. The van der Waals surface area contributed by atoms with Crippen LogP contribution in [0.2, 0.25) is 0 Å². The number of amides is 1. The molecule has 0 fully saturated rings. The van der Waals surface area contributed by atoms with Crippen molar-refractivity contribution in [1.82, 2.24) is 10.3 Å². The highest BCUT2D eigenvalue weighted by Crippen LogP contribution is 2.34. The topological polar surface area (TPSA) is 80.3 Å². The summed E-state index contributed by atoms with van der Waals surface area (Å²) in [6.45, 7) is 1.64. The van der Waals surface area contributed by atoms with Gasteiger partial charge in [-0.3, -0.25) is 4.79 Å². The zero-order valence-electron chi connectivity index (χ0n) is 13.2. The van der Waals surface area contributed by atoms with E-state index in [-0.39, 0.29) is 10.7 Å². The van der Waals surface area contributed by atoms with Crippen LogP contribution >= 0.6 is 11.3 Å². The second-order valence-electron chi connectivity index (χ2n) is 4.96. The van der Waals surface area contributed by atoms with E-state index in [2.05, 4.69) is 9.72 Å². The van der Waals surface area contributed by atoms with Gasteiger partial charge in [0.15, 0.2) is 5.13 Å². The maximum absolute atomic E-state index is 13.8. The molecule has 0 aliphatic heterocycles. The van der Waals surface area contributed by atoms with Crippen molar-refractivity contribution in [1.29, 1.82) is 0 Å². The number of halogens is 3. The van der Waals surface area contributed by atoms with Crippen molar-refractivity contribution in [3.8, 4) is 0 Å². The summed E-state index contributed by atoms with van der Waals surface area (Å²) in [5, 5.41) is 3.51. The summed E-state index contributed by atoms with van der Waals surface area (Å²) < 4.78 is 45.6. The van der Waals surface area contributed by atoms with Gasteiger partial charge in [0.1, 0.15) is 0 Å². The molecule has 2 rings (SSSR count). The minimum Gasteiger partial charge on any atom is -0.466 e. The van der Waals surface area contributed by atoms with Gasteiger partial charge in [0.2, 0.25) is 0 Å². The molecule has 1 amide bonds. The minimum atomic E-state index is -5.19. The molecule has 6 nitrogen and oxygen atoms in total. The summed E-state index contributed by atoms with van der Waals surface area (Å²) in [6, 6.07) is 7.22. The number of nitrogens with one attached hydrogen (secondary N) is 2. The monoisotopic (exact) mass is 373 g/mol. The van der Waals surface area contributed by atoms with E-state index in [4.69, 9.17) is 0 Å². The number of hydrogen-bond acceptors (Lipinski definition) is 6. The molecule has 1 aromatic heterocycles. The average Bonchev–Trinajstić information content (AvgIpc) is 2.98. The smallest absolute Gasteiger partial charge is 0.442 e. The quantitative estimate of drug-likeness (QED) is 0.622. The van der Waals surface area contributed by atoms with E-state index in [1.807, 2.05) is 5.32 Å². The number of esters is 1. The van der Waals surface area contributed by atoms with Crippen LogP contribution in [0.5, 0.6) is 0 Å². The lowest BCUT2D eigenvalue weighted by Gasteiger charge is -2.34. The first-order valence-electron chi connectivity index (χ1n) is 6.93. The van der Waals surface area contributed by atoms with Crippen molar-refractivity contribution in [3.05, 3.63) is 47.0 Å². The molecule has 10 heteroatoms. The third-order valence-electron chi connectivity index (χ3n) is 3.17. The van der Waals surface area contributed by atoms with Crippen LogP contribution in [-0.2, 0) is 9.53 Å². The normalized spacial score (nSPS) is 13.6. The van der Waals surface area contributed by atoms with Crippen LogP contribution in [0.4, 0.5) is 18.3 Å². The molecule has 1 heterocycles. The van der Waals surface area contributed by atoms with Crippen molar-refractivity contribution in [2.24, 2.45) is 0 Å². The van der Waals surface area contributed by atoms with Gasteiger partial charge in [0.25, 0.3) is 5.91 Å². The summed E-state index contributed by atoms with van der Waals surface area (Å²) in [6.07, 6.45) is -3.85. The number of anilines is 1. The van der Waals surface area contributed by atoms with E-state index in [1.165, 1.54) is 30.5 Å². The average molecular weight is 373 g/mol. The van der Waals surface area contributed by atoms with Gasteiger partial charge in [-0.2, -0.15) is 13.2 Å². The molecule has 0 spiro atoms. The number of nitrogens with zero attached hydrogens (tertiary/aromatic N) is 1. The molecule has 0 bridgehead atoms. The van der Waals surface area contributed by atoms with Crippen LogP contribution in [0, 0.1) is 6.92 Å². The Morgan fingerprint density at radius 1 is 1.20 bits per heavy atom. The second-order valence-corrected chi connectivity index (χ2v) is 6.20. The molecule has 2 aromatic rings. The van der Waals surface area contributed by atoms with Crippen LogP contribution in [0.1, 0.15) is 15.2 Å². The molecule has 0 saturated heterocycles. The highest BCUT2D eigenvalue weighted by Gasteiger charge is 2.64. The van der Waals surface area contributed by atoms with Gasteiger partial charge in [-0.05, 0) is 19.1 Å². The molecule has 0 aliphatic rings. The molecular weight excluding hydrogens is 359 g/mol. The Bertz CT molecular complexity index is 764. The van der Waals surface area contributed by atoms with E-state index >= 15 is 0 Å². The Balaban J connectivity index is 2.46. The fourth-order valence-electron chi connectivity index (χ4n) is 1.95. The lowest BCUT2D eigenvalue weighted by Crippen LogP contribution is -2.69. The molecule has 0 aliphatic carbocycles. The Labute approximate surface area is 145 Å². The van der Waals surface area contributed by atoms with Gasteiger partial charge < -0.3 is 15.4 Å². The highest BCUT2D eigenvalue weighted by molar-refractivity contribution is 7.15. The first-order chi connectivity index (χ1) is 11.7. The number of hydrogen-bond donors (Lipinski definition) is 2. The first kappa shape index (κ1) is 18.7. The zero-order valence-corrected chi connectivity index (χ0v) is 14.0. The van der Waals surface area contributed by atoms with E-state index < -0.39 is 23.7 Å². The molecule has 2 N–H and O–H groups in total. The standard InChI is InChI=1S/C15H14F3N3O3S/c1-9-8-19-13(25-9)21-14(12(23)24-2,15(16,17)18)20-11(22)10-6-4-3-5-7-10/h3-8H,1-2H3,(H,19,21)(H,20,22)/t14-/m0/s1. The lowest BCUT2D eigenvalue weighted by atomic mass is 10.1. The fourth-order valence-corrected chi connectivity index (χ4v) is 2.67. The van der Waals surface area contributed by atoms with E-state index in [9.17, 15) is 22.8 Å². The molecule has 0 unspecified atom stereocenters. The number of ether oxygens (including phenoxy) is 1. The Morgan fingerprint density at radius 3 is 2.32 bits per heavy atom. The van der Waals surface area contributed by atoms with Crippen molar-refractivity contribution in [3.63, 3.8) is 0 Å². The van der Waals surface area contributed by atoms with Crippen LogP contribution in [0.3, 0.4) is 0 Å². The Kier molecular flexibility index (Phi) is 5.31. The van der Waals surface area contributed by atoms with Crippen LogP contribution in [-0.4, -0.2) is 35.8 Å². The van der Waals surface area contributed by atoms with Gasteiger partial charge in [0, 0.05) is 16.6 Å². The summed E-state index contributed by atoms with van der Waals surface area (Å²) in [5.74, 6) is -2.80. The summed E-state index contributed by atoms with van der Waals surface area (Å²) in [5.41, 5.74) is -3.52. The van der Waals surface area contributed by atoms with Crippen LogP contribution < -0.4 is 10.6 Å². The van der Waals surface area contributed by atoms with E-state index in [0.29, 0.717) is 4.88 Å². The van der Waals surface area contributed by atoms with Gasteiger partial charge in [-0.1, -0.05) is 18.2 Å². The van der Waals surface area contributed by atoms with Gasteiger partial charge in [-0.15, -0.1) is 11.3 Å². The molecular formula is C15H14F3N3O3S. The van der Waals surface area contributed by atoms with Crippen LogP contribution in [0.25, 0.3) is 0 Å². The third-order valence-corrected chi connectivity index (χ3v) is 4.00. The number of alkyl halides is 3. The number of methoxy groups -OCH3 is 1. The lowest BCUT2D eigenvalue weighted by molar-refractivity contribution is -0.203. The molecule has 134 valence electrons. The van der Waals surface area contributed by atoms with E-state index in [0.717, 1.165) is 18.4 Å². The Hall–Kier alpha value is -2.62. The van der Waals surface area contributed by atoms with E-state index in [1.54, 1.807) is 18.3 Å². The summed E-state index contributed by atoms with van der Waals surface area (Å²) >= 11 is 0.900. The minimum absolute atomic E-state index is 0.0443. The van der Waals surface area contributed by atoms with Crippen molar-refractivity contribution >= 4 is 28.3 Å². The fraction of sp³-hybridized carbons (Fsp3) is 0.267. The number of thiazole rings is 1.